The lowest BCUT2D eigenvalue weighted by Gasteiger charge is -2.40. The van der Waals surface area contributed by atoms with Crippen LogP contribution in [0.15, 0.2) is 24.3 Å². The van der Waals surface area contributed by atoms with E-state index < -0.39 is 0 Å². The Hall–Kier alpha value is -1.88. The average molecular weight is 454 g/mol. The van der Waals surface area contributed by atoms with Crippen molar-refractivity contribution in [2.75, 3.05) is 13.1 Å². The molecule has 1 aromatic rings. The maximum atomic E-state index is 13.6. The molecule has 2 saturated heterocycles. The number of nitrogens with one attached hydrogen (secondary N) is 2. The summed E-state index contributed by atoms with van der Waals surface area (Å²) in [5, 5.41) is 6.50. The number of hydrogen-bond acceptors (Lipinski definition) is 3. The fourth-order valence-electron chi connectivity index (χ4n) is 6.52. The summed E-state index contributed by atoms with van der Waals surface area (Å²) in [7, 11) is 0. The zero-order chi connectivity index (χ0) is 23.6. The molecule has 3 fully saturated rings. The van der Waals surface area contributed by atoms with Gasteiger partial charge in [0.15, 0.2) is 0 Å². The summed E-state index contributed by atoms with van der Waals surface area (Å²) in [6.07, 6.45) is 9.89. The third kappa shape index (κ3) is 5.62. The van der Waals surface area contributed by atoms with Crippen molar-refractivity contribution in [3.8, 4) is 0 Å². The number of fused-ring (bicyclic) bond motifs is 2. The standard InChI is InChI=1S/C28H43N3O2/c1-20-8-10-22(11-9-20)28(14-6-5-7-15-28)26(33)29-18-21-16-23-12-13-24(17-21)31(23)19-25(32)30-27(2,3)4/h8-11,21,23-24H,5-7,12-19H2,1-4H3,(H,29,33)(H,30,32)/t21?,23-,24+. The van der Waals surface area contributed by atoms with Crippen LogP contribution in [0.5, 0.6) is 0 Å². The number of carbonyl (C=O) groups is 2. The minimum absolute atomic E-state index is 0.128. The van der Waals surface area contributed by atoms with E-state index in [9.17, 15) is 9.59 Å². The van der Waals surface area contributed by atoms with Crippen LogP contribution >= 0.6 is 0 Å². The van der Waals surface area contributed by atoms with Gasteiger partial charge < -0.3 is 10.6 Å². The highest BCUT2D eigenvalue weighted by atomic mass is 16.2. The van der Waals surface area contributed by atoms with Crippen LogP contribution in [0.4, 0.5) is 0 Å². The lowest BCUT2D eigenvalue weighted by Crippen LogP contribution is -2.52. The molecule has 0 radical (unpaired) electrons. The molecule has 1 aliphatic carbocycles. The van der Waals surface area contributed by atoms with Gasteiger partial charge in [-0.2, -0.15) is 0 Å². The Labute approximate surface area is 200 Å². The third-order valence-electron chi connectivity index (χ3n) is 8.12. The molecule has 1 saturated carbocycles. The molecule has 1 unspecified atom stereocenters. The highest BCUT2D eigenvalue weighted by Crippen LogP contribution is 2.41. The molecule has 2 amide bonds. The second-order valence-electron chi connectivity index (χ2n) is 11.9. The normalized spacial score (nSPS) is 27.2. The molecule has 2 bridgehead atoms. The van der Waals surface area contributed by atoms with Crippen molar-refractivity contribution in [2.24, 2.45) is 5.92 Å². The molecule has 182 valence electrons. The molecule has 2 aliphatic heterocycles. The van der Waals surface area contributed by atoms with Crippen molar-refractivity contribution in [1.29, 1.82) is 0 Å². The van der Waals surface area contributed by atoms with Crippen LogP contribution in [0.25, 0.3) is 0 Å². The summed E-state index contributed by atoms with van der Waals surface area (Å²) in [6, 6.07) is 9.56. The zero-order valence-corrected chi connectivity index (χ0v) is 21.1. The van der Waals surface area contributed by atoms with Crippen LogP contribution in [0.2, 0.25) is 0 Å². The van der Waals surface area contributed by atoms with E-state index in [-0.39, 0.29) is 22.8 Å². The zero-order valence-electron chi connectivity index (χ0n) is 21.1. The summed E-state index contributed by atoms with van der Waals surface area (Å²) in [5.74, 6) is 0.862. The van der Waals surface area contributed by atoms with Crippen molar-refractivity contribution in [1.82, 2.24) is 15.5 Å². The van der Waals surface area contributed by atoms with Crippen molar-refractivity contribution in [3.05, 3.63) is 35.4 Å². The van der Waals surface area contributed by atoms with E-state index in [0.29, 0.717) is 24.5 Å². The Morgan fingerprint density at radius 3 is 2.18 bits per heavy atom. The van der Waals surface area contributed by atoms with Gasteiger partial charge >= 0.3 is 0 Å². The number of aryl methyl sites for hydroxylation is 1. The molecule has 3 aliphatic rings. The number of rotatable bonds is 6. The first-order chi connectivity index (χ1) is 15.7. The van der Waals surface area contributed by atoms with E-state index in [1.54, 1.807) is 0 Å². The highest BCUT2D eigenvalue weighted by Gasteiger charge is 2.44. The first-order valence-electron chi connectivity index (χ1n) is 13.1. The van der Waals surface area contributed by atoms with Gasteiger partial charge in [-0.3, -0.25) is 14.5 Å². The Kier molecular flexibility index (Phi) is 7.18. The molecule has 5 nitrogen and oxygen atoms in total. The topological polar surface area (TPSA) is 61.4 Å². The number of amides is 2. The quantitative estimate of drug-likeness (QED) is 0.668. The number of hydrogen-bond donors (Lipinski definition) is 2. The van der Waals surface area contributed by atoms with E-state index in [2.05, 4.69) is 46.7 Å². The second-order valence-corrected chi connectivity index (χ2v) is 11.9. The number of nitrogens with zero attached hydrogens (tertiary/aromatic N) is 1. The summed E-state index contributed by atoms with van der Waals surface area (Å²) < 4.78 is 0. The van der Waals surface area contributed by atoms with Gasteiger partial charge in [-0.25, -0.2) is 0 Å². The van der Waals surface area contributed by atoms with E-state index in [1.807, 2.05) is 20.8 Å². The van der Waals surface area contributed by atoms with Gasteiger partial charge in [-0.15, -0.1) is 0 Å². The van der Waals surface area contributed by atoms with Crippen LogP contribution in [0, 0.1) is 12.8 Å². The SMILES string of the molecule is Cc1ccc(C2(C(=O)NCC3C[C@H]4CC[C@@H](C3)N4CC(=O)NC(C)(C)C)CCCCC2)cc1. The molecule has 0 spiro atoms. The van der Waals surface area contributed by atoms with Gasteiger partial charge in [0.25, 0.3) is 0 Å². The molecule has 2 heterocycles. The fourth-order valence-corrected chi connectivity index (χ4v) is 6.52. The Balaban J connectivity index is 1.35. The van der Waals surface area contributed by atoms with E-state index in [1.165, 1.54) is 30.4 Å². The van der Waals surface area contributed by atoms with E-state index >= 15 is 0 Å². The summed E-state index contributed by atoms with van der Waals surface area (Å²) >= 11 is 0. The van der Waals surface area contributed by atoms with Crippen molar-refractivity contribution >= 4 is 11.8 Å². The van der Waals surface area contributed by atoms with Crippen LogP contribution in [-0.2, 0) is 15.0 Å². The van der Waals surface area contributed by atoms with Crippen LogP contribution in [0.1, 0.15) is 89.7 Å². The predicted octanol–water partition coefficient (Wildman–Crippen LogP) is 4.47. The molecule has 4 rings (SSSR count). The lowest BCUT2D eigenvalue weighted by molar-refractivity contribution is -0.128. The molecule has 2 N–H and O–H groups in total. The van der Waals surface area contributed by atoms with Gasteiger partial charge in [-0.05, 0) is 77.7 Å². The van der Waals surface area contributed by atoms with E-state index in [0.717, 1.165) is 45.1 Å². The summed E-state index contributed by atoms with van der Waals surface area (Å²) in [4.78, 5) is 28.5. The Bertz CT molecular complexity index is 822. The largest absolute Gasteiger partial charge is 0.355 e. The molecule has 1 aromatic carbocycles. The van der Waals surface area contributed by atoms with Crippen molar-refractivity contribution in [2.45, 2.75) is 109 Å². The van der Waals surface area contributed by atoms with Gasteiger partial charge in [0, 0.05) is 24.2 Å². The maximum absolute atomic E-state index is 13.6. The van der Waals surface area contributed by atoms with Crippen LogP contribution < -0.4 is 10.6 Å². The summed E-state index contributed by atoms with van der Waals surface area (Å²) in [5.41, 5.74) is 1.87. The predicted molar refractivity (Wildman–Crippen MR) is 133 cm³/mol. The Morgan fingerprint density at radius 2 is 1.61 bits per heavy atom. The lowest BCUT2D eigenvalue weighted by atomic mass is 9.68. The van der Waals surface area contributed by atoms with E-state index in [4.69, 9.17) is 0 Å². The molecule has 33 heavy (non-hydrogen) atoms. The summed E-state index contributed by atoms with van der Waals surface area (Å²) in [6.45, 7) is 9.47. The third-order valence-corrected chi connectivity index (χ3v) is 8.12. The fraction of sp³-hybridized carbons (Fsp3) is 0.714. The van der Waals surface area contributed by atoms with Crippen LogP contribution in [-0.4, -0.2) is 47.4 Å². The highest BCUT2D eigenvalue weighted by molar-refractivity contribution is 5.88. The second kappa shape index (κ2) is 9.77. The molecule has 5 heteroatoms. The minimum Gasteiger partial charge on any atom is -0.355 e. The van der Waals surface area contributed by atoms with Crippen molar-refractivity contribution in [3.63, 3.8) is 0 Å². The number of carbonyl (C=O) groups excluding carboxylic acids is 2. The Morgan fingerprint density at radius 1 is 1.00 bits per heavy atom. The van der Waals surface area contributed by atoms with Gasteiger partial charge in [-0.1, -0.05) is 49.1 Å². The smallest absolute Gasteiger partial charge is 0.234 e. The van der Waals surface area contributed by atoms with Gasteiger partial charge in [0.2, 0.25) is 11.8 Å². The number of piperidine rings is 1. The average Bonchev–Trinajstić information content (AvgIpc) is 2.99. The van der Waals surface area contributed by atoms with Gasteiger partial charge in [0.1, 0.15) is 0 Å². The minimum atomic E-state index is -0.364. The van der Waals surface area contributed by atoms with Crippen LogP contribution in [0.3, 0.4) is 0 Å². The first-order valence-corrected chi connectivity index (χ1v) is 13.1. The molecule has 0 aromatic heterocycles. The first kappa shape index (κ1) is 24.3. The maximum Gasteiger partial charge on any atom is 0.234 e. The number of benzene rings is 1. The molecular formula is C28H43N3O2. The molecular weight excluding hydrogens is 410 g/mol. The van der Waals surface area contributed by atoms with Crippen molar-refractivity contribution < 1.29 is 9.59 Å². The van der Waals surface area contributed by atoms with Gasteiger partial charge in [0.05, 0.1) is 12.0 Å². The monoisotopic (exact) mass is 453 g/mol. The molecule has 3 atom stereocenters.